The summed E-state index contributed by atoms with van der Waals surface area (Å²) in [5.74, 6) is -2.46. The van der Waals surface area contributed by atoms with Gasteiger partial charge in [0.25, 0.3) is 0 Å². The first-order valence-electron chi connectivity index (χ1n) is 2.30. The normalized spacial score (nSPS) is 12.5. The Labute approximate surface area is 70.7 Å². The van der Waals surface area contributed by atoms with E-state index < -0.39 is 24.5 Å². The summed E-state index contributed by atoms with van der Waals surface area (Å²) in [6, 6.07) is 0. The summed E-state index contributed by atoms with van der Waals surface area (Å²) in [7, 11) is 0. The zero-order valence-electron chi connectivity index (χ0n) is 4.78. The molecule has 10 heavy (non-hydrogen) atoms. The van der Waals surface area contributed by atoms with Gasteiger partial charge in [0, 0.05) is 0 Å². The summed E-state index contributed by atoms with van der Waals surface area (Å²) >= 11 is 1.35. The number of carbonyl (C=O) groups is 2. The number of hydrogen-bond donors (Lipinski definition) is 2. The van der Waals surface area contributed by atoms with Gasteiger partial charge in [-0.25, -0.2) is 4.79 Å². The van der Waals surface area contributed by atoms with E-state index in [-0.39, 0.29) is 0 Å². The smallest absolute Gasteiger partial charge is 0.334 e. The average molecular weight is 260 g/mol. The lowest BCUT2D eigenvalue weighted by atomic mass is 10.3. The Morgan fingerprint density at radius 3 is 2.10 bits per heavy atom. The van der Waals surface area contributed by atoms with Crippen molar-refractivity contribution >= 4 is 34.9 Å². The molecule has 0 saturated carbocycles. The molecule has 0 aromatic rings. The van der Waals surface area contributed by atoms with Gasteiger partial charge in [0.2, 0.25) is 0 Å². The van der Waals surface area contributed by atoms with Crippen molar-refractivity contribution in [3.8, 4) is 0 Å². The number of carboxylic acid groups (broad SMARTS) is 2. The van der Waals surface area contributed by atoms with Gasteiger partial charge in [0.05, 0.1) is 6.42 Å². The molecule has 0 aliphatic rings. The van der Waals surface area contributed by atoms with Gasteiger partial charge in [-0.3, -0.25) is 7.86 Å². The highest BCUT2D eigenvalue weighted by atomic mass is 127. The Balaban J connectivity index is 3.83. The maximum atomic E-state index is 10.1. The first kappa shape index (κ1) is 9.63. The molecule has 0 amide bonds. The molecule has 6 heteroatoms. The third kappa shape index (κ3) is 3.62. The number of carboxylic acids is 2. The molecule has 0 aromatic heterocycles. The zero-order valence-corrected chi connectivity index (χ0v) is 6.94. The topological polar surface area (TPSA) is 83.8 Å². The van der Waals surface area contributed by atoms with E-state index >= 15 is 0 Å². The van der Waals surface area contributed by atoms with Gasteiger partial charge in [-0.05, 0) is 0 Å². The number of halogens is 1. The first-order chi connectivity index (χ1) is 4.57. The third-order valence-electron chi connectivity index (χ3n) is 0.743. The van der Waals surface area contributed by atoms with Gasteiger partial charge >= 0.3 is 11.9 Å². The molecule has 5 nitrogen and oxygen atoms in total. The van der Waals surface area contributed by atoms with Gasteiger partial charge in [0.15, 0.2) is 6.10 Å². The summed E-state index contributed by atoms with van der Waals surface area (Å²) in [5, 5.41) is 16.3. The summed E-state index contributed by atoms with van der Waals surface area (Å²) in [6.07, 6.45) is -1.77. The minimum Gasteiger partial charge on any atom is -0.481 e. The number of aliphatic carboxylic acids is 2. The van der Waals surface area contributed by atoms with Crippen LogP contribution in [0.4, 0.5) is 0 Å². The molecule has 0 heterocycles. The van der Waals surface area contributed by atoms with E-state index in [2.05, 4.69) is 3.07 Å². The summed E-state index contributed by atoms with van der Waals surface area (Å²) in [5.41, 5.74) is 0. The van der Waals surface area contributed by atoms with Crippen LogP contribution in [0.2, 0.25) is 0 Å². The SMILES string of the molecule is O=C(O)CC(OI)C(=O)O. The van der Waals surface area contributed by atoms with Crippen LogP contribution in [0.3, 0.4) is 0 Å². The molecule has 0 fully saturated rings. The van der Waals surface area contributed by atoms with Crippen LogP contribution in [-0.2, 0) is 12.7 Å². The number of hydrogen-bond acceptors (Lipinski definition) is 3. The van der Waals surface area contributed by atoms with Crippen molar-refractivity contribution < 1.29 is 22.9 Å². The molecule has 0 aliphatic carbocycles. The van der Waals surface area contributed by atoms with Crippen molar-refractivity contribution in [2.24, 2.45) is 0 Å². The van der Waals surface area contributed by atoms with Gasteiger partial charge in [-0.2, -0.15) is 0 Å². The van der Waals surface area contributed by atoms with Crippen molar-refractivity contribution in [1.82, 2.24) is 0 Å². The van der Waals surface area contributed by atoms with Crippen LogP contribution in [0.1, 0.15) is 6.42 Å². The minimum atomic E-state index is -1.27. The second-order valence-corrected chi connectivity index (χ2v) is 2.02. The van der Waals surface area contributed by atoms with E-state index in [9.17, 15) is 9.59 Å². The van der Waals surface area contributed by atoms with Crippen LogP contribution >= 0.6 is 23.0 Å². The molecule has 58 valence electrons. The van der Waals surface area contributed by atoms with E-state index in [1.54, 1.807) is 0 Å². The van der Waals surface area contributed by atoms with E-state index in [0.29, 0.717) is 0 Å². The first-order valence-corrected chi connectivity index (χ1v) is 3.18. The van der Waals surface area contributed by atoms with Gasteiger partial charge in [-0.1, -0.05) is 0 Å². The fourth-order valence-electron chi connectivity index (χ4n) is 0.316. The van der Waals surface area contributed by atoms with Crippen molar-refractivity contribution in [3.05, 3.63) is 0 Å². The summed E-state index contributed by atoms with van der Waals surface area (Å²) in [4.78, 5) is 20.0. The Hall–Kier alpha value is -0.370. The average Bonchev–Trinajstić information content (AvgIpc) is 1.81. The second kappa shape index (κ2) is 4.45. The zero-order chi connectivity index (χ0) is 8.15. The standard InChI is InChI=1S/C4H5IO5/c5-10-2(4(8)9)1-3(6)7/h2H,1H2,(H,6,7)(H,8,9). The summed E-state index contributed by atoms with van der Waals surface area (Å²) in [6.45, 7) is 0. The quantitative estimate of drug-likeness (QED) is 0.709. The molecule has 0 rings (SSSR count). The molecular weight excluding hydrogens is 255 g/mol. The predicted molar refractivity (Wildman–Crippen MR) is 38.8 cm³/mol. The molecule has 0 radical (unpaired) electrons. The van der Waals surface area contributed by atoms with Crippen LogP contribution in [0.5, 0.6) is 0 Å². The Morgan fingerprint density at radius 1 is 1.50 bits per heavy atom. The molecule has 0 bridgehead atoms. The monoisotopic (exact) mass is 260 g/mol. The van der Waals surface area contributed by atoms with Crippen molar-refractivity contribution in [2.45, 2.75) is 12.5 Å². The van der Waals surface area contributed by atoms with Crippen LogP contribution in [-0.4, -0.2) is 28.3 Å². The molecule has 1 unspecified atom stereocenters. The molecule has 0 saturated heterocycles. The maximum Gasteiger partial charge on any atom is 0.334 e. The predicted octanol–water partition coefficient (Wildman–Crippen LogP) is 0.281. The second-order valence-electron chi connectivity index (χ2n) is 1.51. The van der Waals surface area contributed by atoms with E-state index in [1.165, 1.54) is 23.0 Å². The highest BCUT2D eigenvalue weighted by molar-refractivity contribution is 14.1. The van der Waals surface area contributed by atoms with Crippen LogP contribution in [0, 0.1) is 0 Å². The Kier molecular flexibility index (Phi) is 4.28. The largest absolute Gasteiger partial charge is 0.481 e. The Bertz CT molecular complexity index is 145. The fourth-order valence-corrected chi connectivity index (χ4v) is 0.713. The lowest BCUT2D eigenvalue weighted by Crippen LogP contribution is -2.23. The lowest BCUT2D eigenvalue weighted by molar-refractivity contribution is -0.150. The lowest BCUT2D eigenvalue weighted by Gasteiger charge is -2.03. The van der Waals surface area contributed by atoms with Gasteiger partial charge < -0.3 is 10.2 Å². The fraction of sp³-hybridized carbons (Fsp3) is 0.500. The molecular formula is C4H5IO5. The van der Waals surface area contributed by atoms with Gasteiger partial charge in [-0.15, -0.1) is 0 Å². The third-order valence-corrected chi connectivity index (χ3v) is 1.36. The number of rotatable bonds is 4. The summed E-state index contributed by atoms with van der Waals surface area (Å²) < 4.78 is 4.31. The van der Waals surface area contributed by atoms with Gasteiger partial charge in [0.1, 0.15) is 23.0 Å². The van der Waals surface area contributed by atoms with E-state index in [0.717, 1.165) is 0 Å². The van der Waals surface area contributed by atoms with Crippen molar-refractivity contribution in [3.63, 3.8) is 0 Å². The molecule has 0 aliphatic heterocycles. The highest BCUT2D eigenvalue weighted by Gasteiger charge is 2.20. The molecule has 0 spiro atoms. The van der Waals surface area contributed by atoms with Crippen molar-refractivity contribution in [1.29, 1.82) is 0 Å². The molecule has 1 atom stereocenters. The van der Waals surface area contributed by atoms with Crippen LogP contribution < -0.4 is 0 Å². The molecule has 2 N–H and O–H groups in total. The molecule has 0 aromatic carbocycles. The van der Waals surface area contributed by atoms with E-state index in [4.69, 9.17) is 10.2 Å². The Morgan fingerprint density at radius 2 is 2.00 bits per heavy atom. The van der Waals surface area contributed by atoms with Crippen molar-refractivity contribution in [2.75, 3.05) is 0 Å². The maximum absolute atomic E-state index is 10.1. The van der Waals surface area contributed by atoms with Crippen LogP contribution in [0.25, 0.3) is 0 Å². The highest BCUT2D eigenvalue weighted by Crippen LogP contribution is 2.03. The van der Waals surface area contributed by atoms with Crippen LogP contribution in [0.15, 0.2) is 0 Å². The minimum absolute atomic E-state index is 0.516. The van der Waals surface area contributed by atoms with E-state index in [1.807, 2.05) is 0 Å².